The minimum absolute atomic E-state index is 0.00108. The van der Waals surface area contributed by atoms with Crippen LogP contribution in [0, 0.1) is 11.6 Å². The summed E-state index contributed by atoms with van der Waals surface area (Å²) in [6.45, 7) is 4.12. The van der Waals surface area contributed by atoms with Gasteiger partial charge in [-0.05, 0) is 26.8 Å². The molecule has 0 saturated carbocycles. The lowest BCUT2D eigenvalue weighted by Gasteiger charge is -2.37. The third kappa shape index (κ3) is 5.87. The third-order valence-corrected chi connectivity index (χ3v) is 8.21. The number of aromatic nitrogens is 4. The van der Waals surface area contributed by atoms with Crippen molar-refractivity contribution in [3.05, 3.63) is 58.1 Å². The molecule has 4 aromatic heterocycles. The topological polar surface area (TPSA) is 146 Å². The van der Waals surface area contributed by atoms with Crippen molar-refractivity contribution in [3.63, 3.8) is 0 Å². The number of aromatic amines is 1. The number of anilines is 2. The molecule has 1 amide bonds. The zero-order valence-electron chi connectivity index (χ0n) is 26.8. The minimum Gasteiger partial charge on any atom is -0.477 e. The summed E-state index contributed by atoms with van der Waals surface area (Å²) in [5, 5.41) is 11.4. The van der Waals surface area contributed by atoms with Crippen molar-refractivity contribution in [2.45, 2.75) is 38.6 Å². The van der Waals surface area contributed by atoms with Crippen molar-refractivity contribution in [2.24, 2.45) is 7.05 Å². The monoisotopic (exact) mass is 687 g/mol. The molecule has 0 unspecified atom stereocenters. The summed E-state index contributed by atoms with van der Waals surface area (Å²) in [6.07, 6.45) is -1.81. The van der Waals surface area contributed by atoms with Crippen molar-refractivity contribution in [3.8, 4) is 11.1 Å². The predicted octanol–water partition coefficient (Wildman–Crippen LogP) is 5.32. The van der Waals surface area contributed by atoms with Crippen molar-refractivity contribution in [2.75, 3.05) is 36.5 Å². The van der Waals surface area contributed by atoms with Crippen LogP contribution in [0.1, 0.15) is 31.1 Å². The molecule has 1 saturated heterocycles. The smallest absolute Gasteiger partial charge is 0.414 e. The van der Waals surface area contributed by atoms with Crippen LogP contribution in [-0.2, 0) is 11.8 Å². The number of carboxylic acids is 1. The Bertz CT molecular complexity index is 2240. The fraction of sp³-hybridized carbons (Fsp3) is 0.344. The number of aryl methyl sites for hydroxylation is 1. The first-order valence-corrected chi connectivity index (χ1v) is 14.9. The average molecular weight is 688 g/mol. The molecule has 49 heavy (non-hydrogen) atoms. The Morgan fingerprint density at radius 1 is 1.10 bits per heavy atom. The zero-order valence-corrected chi connectivity index (χ0v) is 26.8. The lowest BCUT2D eigenvalue weighted by Crippen LogP contribution is -2.57. The molecule has 5 aromatic rings. The number of ether oxygens (including phenoxy) is 1. The van der Waals surface area contributed by atoms with Gasteiger partial charge in [0.2, 0.25) is 5.43 Å². The fourth-order valence-electron chi connectivity index (χ4n) is 5.99. The first kappa shape index (κ1) is 33.6. The number of benzene rings is 1. The largest absolute Gasteiger partial charge is 0.477 e. The summed E-state index contributed by atoms with van der Waals surface area (Å²) in [7, 11) is 2.79. The molecule has 17 heteroatoms. The molecule has 3 N–H and O–H groups in total. The van der Waals surface area contributed by atoms with Crippen LogP contribution in [0.25, 0.3) is 44.1 Å². The van der Waals surface area contributed by atoms with Crippen LogP contribution in [0.4, 0.5) is 38.1 Å². The molecule has 1 aliphatic heterocycles. The number of piperazine rings is 1. The van der Waals surface area contributed by atoms with E-state index in [1.165, 1.54) is 42.0 Å². The number of carbonyl (C=O) groups excluding carboxylic acids is 1. The first-order chi connectivity index (χ1) is 22.9. The van der Waals surface area contributed by atoms with E-state index in [4.69, 9.17) is 4.74 Å². The maximum atomic E-state index is 16.0. The lowest BCUT2D eigenvalue weighted by molar-refractivity contribution is -0.155. The Morgan fingerprint density at radius 2 is 1.82 bits per heavy atom. The van der Waals surface area contributed by atoms with Gasteiger partial charge in [-0.15, -0.1) is 0 Å². The van der Waals surface area contributed by atoms with Crippen molar-refractivity contribution in [1.82, 2.24) is 24.8 Å². The average Bonchev–Trinajstić information content (AvgIpc) is 3.42. The van der Waals surface area contributed by atoms with E-state index in [9.17, 15) is 32.7 Å². The molecule has 6 rings (SSSR count). The number of fused-ring (bicyclic) bond motifs is 4. The highest BCUT2D eigenvalue weighted by Crippen LogP contribution is 2.44. The summed E-state index contributed by atoms with van der Waals surface area (Å²) < 4.78 is 80.2. The fourth-order valence-corrected chi connectivity index (χ4v) is 5.99. The van der Waals surface area contributed by atoms with Gasteiger partial charge >= 0.3 is 18.2 Å². The summed E-state index contributed by atoms with van der Waals surface area (Å²) in [5.74, 6) is -4.17. The van der Waals surface area contributed by atoms with Gasteiger partial charge in [0.1, 0.15) is 28.5 Å². The maximum absolute atomic E-state index is 16.0. The summed E-state index contributed by atoms with van der Waals surface area (Å²) in [6, 6.07) is 0.143. The first-order valence-electron chi connectivity index (χ1n) is 14.9. The number of nitrogens with one attached hydrogen (secondary N) is 2. The number of hydrogen-bond acceptors (Lipinski definition) is 8. The van der Waals surface area contributed by atoms with Crippen LogP contribution in [-0.4, -0.2) is 81.2 Å². The highest BCUT2D eigenvalue weighted by molar-refractivity contribution is 6.19. The number of aromatic carboxylic acids is 1. The molecule has 5 heterocycles. The van der Waals surface area contributed by atoms with Gasteiger partial charge in [-0.25, -0.2) is 28.3 Å². The molecule has 1 aromatic carbocycles. The molecular formula is C32H30F5N7O5. The van der Waals surface area contributed by atoms with E-state index < -0.39 is 59.1 Å². The Labute approximate surface area is 274 Å². The third-order valence-electron chi connectivity index (χ3n) is 8.21. The van der Waals surface area contributed by atoms with E-state index in [0.717, 1.165) is 17.2 Å². The Morgan fingerprint density at radius 3 is 2.47 bits per heavy atom. The molecule has 0 radical (unpaired) electrons. The van der Waals surface area contributed by atoms with Crippen LogP contribution in [0.15, 0.2) is 35.5 Å². The second-order valence-corrected chi connectivity index (χ2v) is 12.7. The van der Waals surface area contributed by atoms with E-state index >= 15 is 8.78 Å². The number of carbonyl (C=O) groups is 2. The van der Waals surface area contributed by atoms with Gasteiger partial charge in [-0.2, -0.15) is 13.2 Å². The van der Waals surface area contributed by atoms with Gasteiger partial charge < -0.3 is 29.6 Å². The van der Waals surface area contributed by atoms with Crippen LogP contribution >= 0.6 is 0 Å². The minimum atomic E-state index is -4.66. The Hall–Kier alpha value is -5.32. The Balaban J connectivity index is 1.67. The molecule has 1 aliphatic rings. The van der Waals surface area contributed by atoms with Gasteiger partial charge in [0.25, 0.3) is 0 Å². The SMILES string of the molecule is CN(C(=O)OC(C)(C)C)c1cc(F)c(F)c2c1[nH]c1ncc(-c3cnc4c(c3)c(=O)c(C(=O)O)cn4C)c(N3CCN[C@H](C(F)(F)F)C3)c12. The number of halogens is 5. The number of alkyl halides is 3. The number of pyridine rings is 3. The standard InChI is InChI=1S/C32H30F5N7O5/c1-31(2,3)49-30(48)43(5)19-9-18(33)23(34)21-22-25(44-7-6-38-20(13-44)32(35,36)37)16(11-39-27(22)41-24(19)21)14-8-15-26(45)17(29(46)47)12-42(4)28(15)40-10-14/h8-12,20,38H,6-7,13H2,1-5H3,(H,39,41)(H,46,47)/t20-/m0/s1. The highest BCUT2D eigenvalue weighted by Gasteiger charge is 2.43. The highest BCUT2D eigenvalue weighted by atomic mass is 19.4. The molecule has 0 bridgehead atoms. The molecular weight excluding hydrogens is 657 g/mol. The molecule has 258 valence electrons. The number of H-pyrrole nitrogens is 1. The molecule has 0 spiro atoms. The van der Waals surface area contributed by atoms with Crippen molar-refractivity contribution in [1.29, 1.82) is 0 Å². The second-order valence-electron chi connectivity index (χ2n) is 12.7. The van der Waals surface area contributed by atoms with Crippen LogP contribution in [0.5, 0.6) is 0 Å². The maximum Gasteiger partial charge on any atom is 0.414 e. The molecule has 1 atom stereocenters. The zero-order chi connectivity index (χ0) is 35.7. The molecule has 1 fully saturated rings. The van der Waals surface area contributed by atoms with Gasteiger partial charge in [-0.3, -0.25) is 9.69 Å². The lowest BCUT2D eigenvalue weighted by atomic mass is 10.00. The van der Waals surface area contributed by atoms with Crippen LogP contribution in [0.2, 0.25) is 0 Å². The van der Waals surface area contributed by atoms with Crippen molar-refractivity contribution >= 4 is 56.4 Å². The van der Waals surface area contributed by atoms with Gasteiger partial charge in [0, 0.05) is 69.5 Å². The summed E-state index contributed by atoms with van der Waals surface area (Å²) >= 11 is 0. The number of rotatable bonds is 4. The predicted molar refractivity (Wildman–Crippen MR) is 171 cm³/mol. The van der Waals surface area contributed by atoms with E-state index in [1.807, 2.05) is 0 Å². The van der Waals surface area contributed by atoms with E-state index in [-0.39, 0.29) is 68.6 Å². The van der Waals surface area contributed by atoms with Gasteiger partial charge in [-0.1, -0.05) is 0 Å². The van der Waals surface area contributed by atoms with E-state index in [1.54, 1.807) is 20.8 Å². The number of amides is 1. The summed E-state index contributed by atoms with van der Waals surface area (Å²) in [4.78, 5) is 51.9. The molecule has 0 aliphatic carbocycles. The van der Waals surface area contributed by atoms with Gasteiger partial charge in [0.05, 0.1) is 33.1 Å². The quantitative estimate of drug-likeness (QED) is 0.214. The van der Waals surface area contributed by atoms with Crippen molar-refractivity contribution < 1.29 is 41.4 Å². The van der Waals surface area contributed by atoms with Gasteiger partial charge in [0.15, 0.2) is 11.6 Å². The summed E-state index contributed by atoms with van der Waals surface area (Å²) in [5.41, 5.74) is -2.13. The number of nitrogens with zero attached hydrogens (tertiary/aromatic N) is 5. The number of hydrogen-bond donors (Lipinski definition) is 3. The molecule has 12 nitrogen and oxygen atoms in total. The Kier molecular flexibility index (Phi) is 8.00. The van der Waals surface area contributed by atoms with E-state index in [2.05, 4.69) is 20.3 Å². The van der Waals surface area contributed by atoms with E-state index in [0.29, 0.717) is 0 Å². The normalized spacial score (nSPS) is 15.7. The van der Waals surface area contributed by atoms with Crippen LogP contribution < -0.4 is 20.5 Å². The number of carboxylic acid groups (broad SMARTS) is 1. The second kappa shape index (κ2) is 11.7. The van der Waals surface area contributed by atoms with Crippen LogP contribution in [0.3, 0.4) is 0 Å².